The molecule has 7 nitrogen and oxygen atoms in total. The van der Waals surface area contributed by atoms with E-state index < -0.39 is 5.76 Å². The Hall–Kier alpha value is -3.06. The second-order valence-electron chi connectivity index (χ2n) is 5.66. The number of rotatable bonds is 5. The van der Waals surface area contributed by atoms with E-state index >= 15 is 0 Å². The number of halogens is 1. The maximum Gasteiger partial charge on any atom is 0.419 e. The summed E-state index contributed by atoms with van der Waals surface area (Å²) in [4.78, 5) is 35.5. The molecule has 8 heteroatoms. The van der Waals surface area contributed by atoms with Gasteiger partial charge in [0, 0.05) is 24.9 Å². The predicted molar refractivity (Wildman–Crippen MR) is 99.5 cm³/mol. The van der Waals surface area contributed by atoms with Crippen LogP contribution in [0, 0.1) is 0 Å². The van der Waals surface area contributed by atoms with E-state index in [1.807, 2.05) is 0 Å². The number of nitrogens with one attached hydrogen (secondary N) is 2. The van der Waals surface area contributed by atoms with E-state index in [-0.39, 0.29) is 24.8 Å². The number of nitrogens with zero attached hydrogens (tertiary/aromatic N) is 1. The van der Waals surface area contributed by atoms with Crippen molar-refractivity contribution in [1.29, 1.82) is 0 Å². The highest BCUT2D eigenvalue weighted by Gasteiger charge is 2.12. The predicted octanol–water partition coefficient (Wildman–Crippen LogP) is 3.24. The van der Waals surface area contributed by atoms with Crippen LogP contribution in [-0.2, 0) is 16.1 Å². The first kappa shape index (κ1) is 17.8. The Labute approximate surface area is 153 Å². The van der Waals surface area contributed by atoms with E-state index in [2.05, 4.69) is 10.6 Å². The van der Waals surface area contributed by atoms with E-state index in [4.69, 9.17) is 16.0 Å². The van der Waals surface area contributed by atoms with E-state index in [1.165, 1.54) is 11.5 Å². The highest BCUT2D eigenvalue weighted by Crippen LogP contribution is 2.26. The molecule has 0 saturated carbocycles. The van der Waals surface area contributed by atoms with Crippen molar-refractivity contribution in [2.45, 2.75) is 19.9 Å². The van der Waals surface area contributed by atoms with Crippen LogP contribution in [0.5, 0.6) is 0 Å². The maximum absolute atomic E-state index is 12.3. The quantitative estimate of drug-likeness (QED) is 0.718. The van der Waals surface area contributed by atoms with Crippen LogP contribution in [0.3, 0.4) is 0 Å². The largest absolute Gasteiger partial charge is 0.419 e. The molecule has 3 rings (SSSR count). The lowest BCUT2D eigenvalue weighted by Gasteiger charge is -2.12. The average molecular weight is 374 g/mol. The lowest BCUT2D eigenvalue weighted by molar-refractivity contribution is -0.116. The summed E-state index contributed by atoms with van der Waals surface area (Å²) >= 11 is 5.96. The summed E-state index contributed by atoms with van der Waals surface area (Å²) in [6.07, 6.45) is 0.0511. The van der Waals surface area contributed by atoms with Gasteiger partial charge in [-0.15, -0.1) is 0 Å². The number of benzene rings is 2. The molecule has 0 spiro atoms. The molecular formula is C18H16ClN3O4. The first-order valence-electron chi connectivity index (χ1n) is 7.89. The maximum atomic E-state index is 12.3. The summed E-state index contributed by atoms with van der Waals surface area (Å²) in [6, 6.07) is 11.8. The van der Waals surface area contributed by atoms with Crippen LogP contribution in [0.25, 0.3) is 11.1 Å². The monoisotopic (exact) mass is 373 g/mol. The van der Waals surface area contributed by atoms with E-state index in [0.717, 1.165) is 0 Å². The smallest absolute Gasteiger partial charge is 0.408 e. The van der Waals surface area contributed by atoms with Crippen LogP contribution >= 0.6 is 11.6 Å². The summed E-state index contributed by atoms with van der Waals surface area (Å²) in [7, 11) is 0. The fraction of sp³-hybridized carbons (Fsp3) is 0.167. The molecule has 0 radical (unpaired) electrons. The Bertz CT molecular complexity index is 1040. The number of carbonyl (C=O) groups excluding carboxylic acids is 2. The normalized spacial score (nSPS) is 10.7. The number of carbonyl (C=O) groups is 2. The zero-order chi connectivity index (χ0) is 18.7. The number of fused-ring (bicyclic) bond motifs is 1. The molecule has 0 fully saturated rings. The zero-order valence-corrected chi connectivity index (χ0v) is 14.7. The van der Waals surface area contributed by atoms with Gasteiger partial charge in [0.05, 0.1) is 16.9 Å². The molecule has 0 aliphatic heterocycles. The highest BCUT2D eigenvalue weighted by molar-refractivity contribution is 6.31. The third-order valence-corrected chi connectivity index (χ3v) is 3.94. The van der Waals surface area contributed by atoms with E-state index in [0.29, 0.717) is 27.5 Å². The molecule has 0 aliphatic carbocycles. The van der Waals surface area contributed by atoms with Gasteiger partial charge in [0.15, 0.2) is 5.58 Å². The standard InChI is InChI=1S/C18H16ClN3O4/c1-11(23)20-13-7-6-12(19)10-14(13)21-17(24)8-9-22-15-4-2-3-5-16(15)26-18(22)25/h2-7,10H,8-9H2,1H3,(H,20,23)(H,21,24). The van der Waals surface area contributed by atoms with Crippen molar-refractivity contribution in [1.82, 2.24) is 4.57 Å². The second kappa shape index (κ2) is 7.45. The van der Waals surface area contributed by atoms with Crippen LogP contribution in [0.15, 0.2) is 51.7 Å². The fourth-order valence-electron chi connectivity index (χ4n) is 2.57. The van der Waals surface area contributed by atoms with Gasteiger partial charge in [-0.2, -0.15) is 0 Å². The van der Waals surface area contributed by atoms with Crippen LogP contribution in [0.2, 0.25) is 5.02 Å². The minimum absolute atomic E-state index is 0.0511. The summed E-state index contributed by atoms with van der Waals surface area (Å²) in [5, 5.41) is 5.75. The molecular weight excluding hydrogens is 358 g/mol. The SMILES string of the molecule is CC(=O)Nc1ccc(Cl)cc1NC(=O)CCn1c(=O)oc2ccccc21. The van der Waals surface area contributed by atoms with Gasteiger partial charge in [-0.1, -0.05) is 23.7 Å². The fourth-order valence-corrected chi connectivity index (χ4v) is 2.74. The molecule has 0 atom stereocenters. The number of amides is 2. The Kier molecular flexibility index (Phi) is 5.09. The zero-order valence-electron chi connectivity index (χ0n) is 13.9. The first-order valence-corrected chi connectivity index (χ1v) is 8.27. The summed E-state index contributed by atoms with van der Waals surface area (Å²) in [6.45, 7) is 1.54. The Morgan fingerprint density at radius 3 is 2.65 bits per heavy atom. The number of aromatic nitrogens is 1. The topological polar surface area (TPSA) is 93.3 Å². The molecule has 1 heterocycles. The summed E-state index contributed by atoms with van der Waals surface area (Å²) < 4.78 is 6.54. The number of hydrogen-bond acceptors (Lipinski definition) is 4. The van der Waals surface area contributed by atoms with Gasteiger partial charge >= 0.3 is 5.76 Å². The molecule has 2 N–H and O–H groups in total. The van der Waals surface area contributed by atoms with Gasteiger partial charge in [-0.05, 0) is 30.3 Å². The summed E-state index contributed by atoms with van der Waals surface area (Å²) in [5.41, 5.74) is 1.94. The summed E-state index contributed by atoms with van der Waals surface area (Å²) in [5.74, 6) is -1.10. The molecule has 134 valence electrons. The lowest BCUT2D eigenvalue weighted by Crippen LogP contribution is -2.20. The average Bonchev–Trinajstić information content (AvgIpc) is 2.90. The van der Waals surface area contributed by atoms with E-state index in [1.54, 1.807) is 42.5 Å². The van der Waals surface area contributed by atoms with Crippen molar-refractivity contribution in [3.8, 4) is 0 Å². The number of aryl methyl sites for hydroxylation is 1. The Morgan fingerprint density at radius 1 is 1.12 bits per heavy atom. The third kappa shape index (κ3) is 3.94. The van der Waals surface area contributed by atoms with Crippen LogP contribution < -0.4 is 16.4 Å². The molecule has 1 aromatic heterocycles. The van der Waals surface area contributed by atoms with Crippen molar-refractivity contribution in [3.63, 3.8) is 0 Å². The minimum Gasteiger partial charge on any atom is -0.408 e. The van der Waals surface area contributed by atoms with Crippen molar-refractivity contribution in [2.24, 2.45) is 0 Å². The lowest BCUT2D eigenvalue weighted by atomic mass is 10.2. The van der Waals surface area contributed by atoms with Gasteiger partial charge in [0.2, 0.25) is 11.8 Å². The molecule has 0 bridgehead atoms. The number of anilines is 2. The second-order valence-corrected chi connectivity index (χ2v) is 6.09. The molecule has 26 heavy (non-hydrogen) atoms. The van der Waals surface area contributed by atoms with Gasteiger partial charge in [0.25, 0.3) is 0 Å². The van der Waals surface area contributed by atoms with Crippen molar-refractivity contribution in [3.05, 3.63) is 58.0 Å². The van der Waals surface area contributed by atoms with Gasteiger partial charge in [0.1, 0.15) is 0 Å². The van der Waals surface area contributed by atoms with Crippen molar-refractivity contribution >= 4 is 45.9 Å². The highest BCUT2D eigenvalue weighted by atomic mass is 35.5. The molecule has 2 amide bonds. The van der Waals surface area contributed by atoms with E-state index in [9.17, 15) is 14.4 Å². The van der Waals surface area contributed by atoms with Gasteiger partial charge < -0.3 is 15.1 Å². The van der Waals surface area contributed by atoms with Crippen LogP contribution in [0.4, 0.5) is 11.4 Å². The molecule has 0 unspecified atom stereocenters. The van der Waals surface area contributed by atoms with Crippen LogP contribution in [0.1, 0.15) is 13.3 Å². The molecule has 2 aromatic carbocycles. The minimum atomic E-state index is -0.513. The van der Waals surface area contributed by atoms with Gasteiger partial charge in [-0.25, -0.2) is 4.79 Å². The van der Waals surface area contributed by atoms with Crippen molar-refractivity contribution in [2.75, 3.05) is 10.6 Å². The Balaban J connectivity index is 1.73. The molecule has 3 aromatic rings. The van der Waals surface area contributed by atoms with Crippen molar-refractivity contribution < 1.29 is 14.0 Å². The number of hydrogen-bond donors (Lipinski definition) is 2. The van der Waals surface area contributed by atoms with Crippen LogP contribution in [-0.4, -0.2) is 16.4 Å². The molecule has 0 aliphatic rings. The molecule has 0 saturated heterocycles. The van der Waals surface area contributed by atoms with Gasteiger partial charge in [-0.3, -0.25) is 14.2 Å². The Morgan fingerprint density at radius 2 is 1.88 bits per heavy atom. The number of oxazole rings is 1. The first-order chi connectivity index (χ1) is 12.4. The third-order valence-electron chi connectivity index (χ3n) is 3.70. The number of para-hydroxylation sites is 2.